The average molecular weight is 503 g/mol. The first kappa shape index (κ1) is 31.5. The zero-order valence-corrected chi connectivity index (χ0v) is 18.5. The molecule has 0 aliphatic rings. The molecule has 0 atom stereocenters. The summed E-state index contributed by atoms with van der Waals surface area (Å²) in [6.07, 6.45) is 6.97. The molecule has 0 aliphatic carbocycles. The van der Waals surface area contributed by atoms with E-state index in [9.17, 15) is 0 Å². The molecule has 0 saturated heterocycles. The fourth-order valence-corrected chi connectivity index (χ4v) is 2.01. The van der Waals surface area contributed by atoms with E-state index in [0.717, 1.165) is 23.3 Å². The van der Waals surface area contributed by atoms with Crippen molar-refractivity contribution in [2.45, 2.75) is 0 Å². The molecule has 0 aromatic carbocycles. The van der Waals surface area contributed by atoms with Crippen molar-refractivity contribution in [3.8, 4) is 0 Å². The van der Waals surface area contributed by atoms with Gasteiger partial charge in [0.2, 0.25) is 0 Å². The Morgan fingerprint density at radius 2 is 0.676 bits per heavy atom. The van der Waals surface area contributed by atoms with Crippen LogP contribution in [-0.2, 0) is 16.5 Å². The monoisotopic (exact) mass is 502 g/mol. The van der Waals surface area contributed by atoms with Crippen LogP contribution in [0.5, 0.6) is 0 Å². The molecule has 0 radical (unpaired) electrons. The average Bonchev–Trinajstić information content (AvgIpc) is 2.83. The molecule has 0 fully saturated rings. The van der Waals surface area contributed by atoms with E-state index >= 15 is 0 Å². The van der Waals surface area contributed by atoms with Gasteiger partial charge in [-0.1, -0.05) is 24.3 Å². The van der Waals surface area contributed by atoms with E-state index in [-0.39, 0.29) is 22.0 Å². The predicted octanol–water partition coefficient (Wildman–Crippen LogP) is 5.35. The minimum absolute atomic E-state index is 0. The summed E-state index contributed by atoms with van der Waals surface area (Å²) in [6, 6.07) is 22.8. The minimum Gasteiger partial charge on any atom is -0.412 e. The van der Waals surface area contributed by atoms with Crippen molar-refractivity contribution >= 4 is 23.3 Å². The van der Waals surface area contributed by atoms with Crippen molar-refractivity contribution in [2.24, 2.45) is 0 Å². The second-order valence-electron chi connectivity index (χ2n) is 5.29. The summed E-state index contributed by atoms with van der Waals surface area (Å²) < 4.78 is 0. The van der Waals surface area contributed by atoms with Gasteiger partial charge >= 0.3 is 16.5 Å². The summed E-state index contributed by atoms with van der Waals surface area (Å²) in [6.45, 7) is 0. The zero-order chi connectivity index (χ0) is 23.3. The molecule has 0 aliphatic heterocycles. The molecular formula is C20H20N12NiO. The van der Waals surface area contributed by atoms with E-state index in [1.165, 1.54) is 9.82 Å². The molecule has 13 nitrogen and oxygen atoms in total. The first-order valence-corrected chi connectivity index (χ1v) is 8.88. The number of anilines is 4. The van der Waals surface area contributed by atoms with E-state index in [2.05, 4.69) is 30.6 Å². The molecule has 0 saturated carbocycles. The van der Waals surface area contributed by atoms with Crippen molar-refractivity contribution in [1.29, 1.82) is 0 Å². The molecule has 0 unspecified atom stereocenters. The first-order valence-electron chi connectivity index (χ1n) is 8.88. The molecule has 34 heavy (non-hydrogen) atoms. The third kappa shape index (κ3) is 15.1. The molecule has 4 heterocycles. The molecule has 176 valence electrons. The third-order valence-corrected chi connectivity index (χ3v) is 3.17. The maximum absolute atomic E-state index is 6.75. The van der Waals surface area contributed by atoms with Crippen molar-refractivity contribution < 1.29 is 22.0 Å². The van der Waals surface area contributed by atoms with Gasteiger partial charge in [0.15, 0.2) is 0 Å². The molecule has 4 N–H and O–H groups in total. The van der Waals surface area contributed by atoms with Crippen LogP contribution in [0.3, 0.4) is 0 Å². The van der Waals surface area contributed by atoms with Crippen LogP contribution < -0.4 is 10.6 Å². The summed E-state index contributed by atoms with van der Waals surface area (Å²) in [7, 11) is 0. The molecule has 14 heteroatoms. The van der Waals surface area contributed by atoms with Gasteiger partial charge in [-0.25, -0.2) is 19.9 Å². The van der Waals surface area contributed by atoms with E-state index < -0.39 is 0 Å². The van der Waals surface area contributed by atoms with Crippen molar-refractivity contribution in [3.05, 3.63) is 130 Å². The minimum atomic E-state index is 0. The van der Waals surface area contributed by atoms with Gasteiger partial charge in [0.1, 0.15) is 23.3 Å². The number of rotatable bonds is 4. The van der Waals surface area contributed by atoms with Crippen LogP contribution >= 0.6 is 0 Å². The Kier molecular flexibility index (Phi) is 19.9. The van der Waals surface area contributed by atoms with Gasteiger partial charge in [-0.2, -0.15) is 0 Å². The molecule has 0 bridgehead atoms. The third-order valence-electron chi connectivity index (χ3n) is 3.17. The maximum Gasteiger partial charge on any atom is 2.00 e. The normalized spacial score (nSPS) is 7.76. The van der Waals surface area contributed by atoms with Crippen molar-refractivity contribution in [3.63, 3.8) is 0 Å². The van der Waals surface area contributed by atoms with Gasteiger partial charge in [-0.3, -0.25) is 9.82 Å². The van der Waals surface area contributed by atoms with E-state index in [1.807, 2.05) is 72.8 Å². The number of hydrogen-bond donors (Lipinski definition) is 2. The van der Waals surface area contributed by atoms with Crippen LogP contribution in [-0.4, -0.2) is 25.4 Å². The van der Waals surface area contributed by atoms with Crippen LogP contribution in [0, 0.1) is 0 Å². The summed E-state index contributed by atoms with van der Waals surface area (Å²) in [5.74, 6) is 3.23. The van der Waals surface area contributed by atoms with Gasteiger partial charge in [-0.05, 0) is 48.5 Å². The second-order valence-corrected chi connectivity index (χ2v) is 5.29. The summed E-state index contributed by atoms with van der Waals surface area (Å²) in [5.41, 5.74) is 27.0. The number of pyridine rings is 4. The van der Waals surface area contributed by atoms with E-state index in [1.54, 1.807) is 24.8 Å². The largest absolute Gasteiger partial charge is 2.00 e. The van der Waals surface area contributed by atoms with Crippen molar-refractivity contribution in [2.75, 3.05) is 10.6 Å². The molecule has 4 aromatic rings. The number of nitrogens with zero attached hydrogens (tertiary/aromatic N) is 10. The number of nitrogens with one attached hydrogen (secondary N) is 2. The van der Waals surface area contributed by atoms with Crippen LogP contribution in [0.4, 0.5) is 23.3 Å². The van der Waals surface area contributed by atoms with Crippen LogP contribution in [0.25, 0.3) is 31.9 Å². The van der Waals surface area contributed by atoms with Crippen molar-refractivity contribution in [1.82, 2.24) is 19.9 Å². The summed E-state index contributed by atoms with van der Waals surface area (Å²) >= 11 is 0. The van der Waals surface area contributed by atoms with Gasteiger partial charge in [-0.15, -0.1) is 0 Å². The standard InChI is InChI=1S/2C10H9N3.2N3.Ni.H2O/c2*1-3-7-11-9(5-1)13-10-6-2-4-8-12-10;2*1-3-2;;/h2*1-8H,(H,11,12,13);;;;1H2/q;;2*-1;+2;. The van der Waals surface area contributed by atoms with Gasteiger partial charge in [0.05, 0.1) is 0 Å². The zero-order valence-electron chi connectivity index (χ0n) is 17.5. The Morgan fingerprint density at radius 1 is 0.471 bits per heavy atom. The summed E-state index contributed by atoms with van der Waals surface area (Å²) in [5, 5.41) is 6.16. The van der Waals surface area contributed by atoms with Gasteiger partial charge < -0.3 is 38.2 Å². The Balaban J connectivity index is 0. The topological polar surface area (TPSA) is 225 Å². The van der Waals surface area contributed by atoms with Gasteiger partial charge in [0, 0.05) is 24.8 Å². The van der Waals surface area contributed by atoms with Crippen LogP contribution in [0.1, 0.15) is 0 Å². The smallest absolute Gasteiger partial charge is 0.412 e. The summed E-state index contributed by atoms with van der Waals surface area (Å²) in [4.78, 5) is 19.5. The molecular weight excluding hydrogens is 483 g/mol. The Labute approximate surface area is 205 Å². The fourth-order valence-electron chi connectivity index (χ4n) is 2.01. The van der Waals surface area contributed by atoms with Crippen LogP contribution in [0.15, 0.2) is 97.6 Å². The Morgan fingerprint density at radius 3 is 0.824 bits per heavy atom. The SMILES string of the molecule is O.[N-]=[N+]=[N-].[N-]=[N+]=[N-].[Ni+2].c1ccc(Nc2ccccn2)nc1.c1ccc(Nc2ccccn2)nc1. The van der Waals surface area contributed by atoms with E-state index in [0.29, 0.717) is 0 Å². The Bertz CT molecular complexity index is 898. The number of hydrogen-bond acceptors (Lipinski definition) is 6. The molecule has 0 spiro atoms. The molecule has 4 aromatic heterocycles. The van der Waals surface area contributed by atoms with Crippen LogP contribution in [0.2, 0.25) is 0 Å². The maximum atomic E-state index is 6.75. The van der Waals surface area contributed by atoms with E-state index in [4.69, 9.17) is 22.1 Å². The fraction of sp³-hybridized carbons (Fsp3) is 0. The van der Waals surface area contributed by atoms with Gasteiger partial charge in [0.25, 0.3) is 0 Å². The second kappa shape index (κ2) is 21.5. The molecule has 0 amide bonds. The Hall–Kier alpha value is -4.73. The predicted molar refractivity (Wildman–Crippen MR) is 127 cm³/mol. The quantitative estimate of drug-likeness (QED) is 0.161. The first-order chi connectivity index (χ1) is 15.7. The molecule has 4 rings (SSSR count). The number of aromatic nitrogens is 4.